The van der Waals surface area contributed by atoms with E-state index in [1.165, 1.54) is 0 Å². The Morgan fingerprint density at radius 3 is 1.80 bits per heavy atom. The molecule has 2 nitrogen and oxygen atoms in total. The van der Waals surface area contributed by atoms with E-state index in [9.17, 15) is 26.3 Å². The number of aromatic nitrogens is 1. The number of hydrogen-bond donors (Lipinski definition) is 0. The summed E-state index contributed by atoms with van der Waals surface area (Å²) < 4.78 is 84.5. The number of nitrogens with zero attached hydrogens (tertiary/aromatic N) is 1. The molecule has 1 heterocycles. The minimum absolute atomic E-state index is 0.633. The summed E-state index contributed by atoms with van der Waals surface area (Å²) in [6.45, 7) is 0. The zero-order valence-electron chi connectivity index (χ0n) is 9.78. The molecular weight excluding hydrogens is 288 g/mol. The minimum atomic E-state index is -2.31. The first-order valence-corrected chi connectivity index (χ1v) is 5.10. The number of rotatable bonds is 2. The SMILES string of the molecule is COc1nccc(-c2c(F)c(F)c(F)c(F)c2F)c1F. The Morgan fingerprint density at radius 2 is 1.30 bits per heavy atom. The van der Waals surface area contributed by atoms with Crippen molar-refractivity contribution < 1.29 is 31.1 Å². The maximum Gasteiger partial charge on any atom is 0.250 e. The van der Waals surface area contributed by atoms with Gasteiger partial charge in [-0.2, -0.15) is 0 Å². The second-order valence-electron chi connectivity index (χ2n) is 3.63. The highest BCUT2D eigenvalue weighted by molar-refractivity contribution is 5.66. The van der Waals surface area contributed by atoms with Gasteiger partial charge in [-0.15, -0.1) is 0 Å². The predicted octanol–water partition coefficient (Wildman–Crippen LogP) is 3.59. The number of methoxy groups -OCH3 is 1. The smallest absolute Gasteiger partial charge is 0.250 e. The fraction of sp³-hybridized carbons (Fsp3) is 0.0833. The van der Waals surface area contributed by atoms with Crippen molar-refractivity contribution in [3.8, 4) is 17.0 Å². The van der Waals surface area contributed by atoms with Gasteiger partial charge in [0.15, 0.2) is 29.1 Å². The molecule has 0 atom stereocenters. The lowest BCUT2D eigenvalue weighted by atomic mass is 10.0. The number of hydrogen-bond acceptors (Lipinski definition) is 2. The zero-order valence-corrected chi connectivity index (χ0v) is 9.78. The molecule has 0 bridgehead atoms. The molecule has 0 aliphatic rings. The van der Waals surface area contributed by atoms with Crippen LogP contribution in [0, 0.1) is 34.9 Å². The lowest BCUT2D eigenvalue weighted by Crippen LogP contribution is -2.05. The summed E-state index contributed by atoms with van der Waals surface area (Å²) in [5.74, 6) is -12.9. The molecule has 0 aliphatic heterocycles. The minimum Gasteiger partial charge on any atom is -0.479 e. The van der Waals surface area contributed by atoms with E-state index in [2.05, 4.69) is 9.72 Å². The first kappa shape index (κ1) is 14.2. The van der Waals surface area contributed by atoms with E-state index >= 15 is 0 Å². The normalized spacial score (nSPS) is 10.8. The maximum atomic E-state index is 13.8. The van der Waals surface area contributed by atoms with Gasteiger partial charge in [-0.3, -0.25) is 0 Å². The third-order valence-electron chi connectivity index (χ3n) is 2.53. The molecule has 0 unspecified atom stereocenters. The van der Waals surface area contributed by atoms with Crippen LogP contribution in [0.25, 0.3) is 11.1 Å². The van der Waals surface area contributed by atoms with Crippen LogP contribution < -0.4 is 4.74 Å². The van der Waals surface area contributed by atoms with Gasteiger partial charge >= 0.3 is 0 Å². The van der Waals surface area contributed by atoms with Gasteiger partial charge in [-0.25, -0.2) is 31.3 Å². The first-order chi connectivity index (χ1) is 9.40. The molecule has 20 heavy (non-hydrogen) atoms. The summed E-state index contributed by atoms with van der Waals surface area (Å²) in [7, 11) is 1.04. The Labute approximate surface area is 108 Å². The number of halogens is 6. The van der Waals surface area contributed by atoms with Crippen LogP contribution in [0.15, 0.2) is 12.3 Å². The van der Waals surface area contributed by atoms with Gasteiger partial charge < -0.3 is 4.74 Å². The largest absolute Gasteiger partial charge is 0.479 e. The Bertz CT molecular complexity index is 659. The molecule has 0 fully saturated rings. The molecule has 0 saturated carbocycles. The molecule has 0 N–H and O–H groups in total. The van der Waals surface area contributed by atoms with E-state index in [0.717, 1.165) is 19.4 Å². The maximum absolute atomic E-state index is 13.8. The predicted molar refractivity (Wildman–Crippen MR) is 56.0 cm³/mol. The van der Waals surface area contributed by atoms with Crippen LogP contribution in [0.3, 0.4) is 0 Å². The molecule has 2 aromatic rings. The molecule has 106 valence electrons. The summed E-state index contributed by atoms with van der Waals surface area (Å²) in [5.41, 5.74) is -2.22. The van der Waals surface area contributed by atoms with Crippen molar-refractivity contribution in [1.82, 2.24) is 4.98 Å². The zero-order chi connectivity index (χ0) is 15.0. The number of pyridine rings is 1. The van der Waals surface area contributed by atoms with Crippen LogP contribution in [0.2, 0.25) is 0 Å². The Balaban J connectivity index is 2.84. The molecular formula is C12H5F6NO. The molecule has 2 rings (SSSR count). The van der Waals surface area contributed by atoms with E-state index < -0.39 is 51.9 Å². The Kier molecular flexibility index (Phi) is 3.56. The molecule has 8 heteroatoms. The molecule has 0 saturated heterocycles. The average molecular weight is 293 g/mol. The van der Waals surface area contributed by atoms with E-state index in [4.69, 9.17) is 0 Å². The lowest BCUT2D eigenvalue weighted by molar-refractivity contribution is 0.367. The van der Waals surface area contributed by atoms with Crippen molar-refractivity contribution in [2.45, 2.75) is 0 Å². The van der Waals surface area contributed by atoms with Crippen LogP contribution in [0.5, 0.6) is 5.88 Å². The quantitative estimate of drug-likeness (QED) is 0.479. The van der Waals surface area contributed by atoms with E-state index in [1.54, 1.807) is 0 Å². The molecule has 0 spiro atoms. The second-order valence-corrected chi connectivity index (χ2v) is 3.63. The fourth-order valence-corrected chi connectivity index (χ4v) is 1.60. The van der Waals surface area contributed by atoms with Crippen LogP contribution in [-0.2, 0) is 0 Å². The van der Waals surface area contributed by atoms with Gasteiger partial charge in [0.1, 0.15) is 0 Å². The van der Waals surface area contributed by atoms with Crippen molar-refractivity contribution in [3.63, 3.8) is 0 Å². The van der Waals surface area contributed by atoms with Crippen LogP contribution in [0.1, 0.15) is 0 Å². The topological polar surface area (TPSA) is 22.1 Å². The van der Waals surface area contributed by atoms with E-state index in [1.807, 2.05) is 0 Å². The number of ether oxygens (including phenoxy) is 1. The summed E-state index contributed by atoms with van der Waals surface area (Å²) in [4.78, 5) is 3.40. The third kappa shape index (κ3) is 1.97. The van der Waals surface area contributed by atoms with E-state index in [0.29, 0.717) is 0 Å². The van der Waals surface area contributed by atoms with Gasteiger partial charge in [0, 0.05) is 11.8 Å². The fourth-order valence-electron chi connectivity index (χ4n) is 1.60. The van der Waals surface area contributed by atoms with Crippen molar-refractivity contribution >= 4 is 0 Å². The van der Waals surface area contributed by atoms with Crippen LogP contribution in [0.4, 0.5) is 26.3 Å². The van der Waals surface area contributed by atoms with Gasteiger partial charge in [0.05, 0.1) is 12.7 Å². The first-order valence-electron chi connectivity index (χ1n) is 5.10. The summed E-state index contributed by atoms with van der Waals surface area (Å²) in [6.07, 6.45) is 0.912. The molecule has 1 aromatic carbocycles. The number of benzene rings is 1. The highest BCUT2D eigenvalue weighted by atomic mass is 19.2. The second kappa shape index (κ2) is 5.03. The van der Waals surface area contributed by atoms with Crippen molar-refractivity contribution in [1.29, 1.82) is 0 Å². The third-order valence-corrected chi connectivity index (χ3v) is 2.53. The highest BCUT2D eigenvalue weighted by Gasteiger charge is 2.28. The summed E-state index contributed by atoms with van der Waals surface area (Å²) >= 11 is 0. The average Bonchev–Trinajstić information content (AvgIpc) is 2.45. The van der Waals surface area contributed by atoms with Gasteiger partial charge in [-0.05, 0) is 6.07 Å². The Hall–Kier alpha value is -2.25. The standard InChI is InChI=1S/C12H5F6NO/c1-20-12-6(13)4(2-3-19-12)5-7(14)9(16)11(18)10(17)8(5)15/h2-3H,1H3. The van der Waals surface area contributed by atoms with Gasteiger partial charge in [0.2, 0.25) is 5.82 Å². The molecule has 1 aromatic heterocycles. The van der Waals surface area contributed by atoms with Gasteiger partial charge in [0.25, 0.3) is 5.88 Å². The van der Waals surface area contributed by atoms with Crippen LogP contribution >= 0.6 is 0 Å². The van der Waals surface area contributed by atoms with Crippen molar-refractivity contribution in [2.24, 2.45) is 0 Å². The monoisotopic (exact) mass is 293 g/mol. The van der Waals surface area contributed by atoms with E-state index in [-0.39, 0.29) is 0 Å². The molecule has 0 amide bonds. The summed E-state index contributed by atoms with van der Waals surface area (Å²) in [5, 5.41) is 0. The molecule has 0 aliphatic carbocycles. The molecule has 0 radical (unpaired) electrons. The summed E-state index contributed by atoms with van der Waals surface area (Å²) in [6, 6.07) is 0.774. The van der Waals surface area contributed by atoms with Crippen LogP contribution in [-0.4, -0.2) is 12.1 Å². The lowest BCUT2D eigenvalue weighted by Gasteiger charge is -2.10. The van der Waals surface area contributed by atoms with Crippen molar-refractivity contribution in [3.05, 3.63) is 47.2 Å². The van der Waals surface area contributed by atoms with Crippen molar-refractivity contribution in [2.75, 3.05) is 7.11 Å². The highest BCUT2D eigenvalue weighted by Crippen LogP contribution is 2.34. The van der Waals surface area contributed by atoms with Gasteiger partial charge in [-0.1, -0.05) is 0 Å². The Morgan fingerprint density at radius 1 is 0.800 bits per heavy atom.